The number of aliphatic hydroxyl groups is 1. The maximum Gasteiger partial charge on any atom is 0.416 e. The molecule has 17 heavy (non-hydrogen) atoms. The van der Waals surface area contributed by atoms with Crippen molar-refractivity contribution >= 4 is 0 Å². The van der Waals surface area contributed by atoms with E-state index >= 15 is 0 Å². The van der Waals surface area contributed by atoms with Gasteiger partial charge in [0.1, 0.15) is 0 Å². The van der Waals surface area contributed by atoms with Crippen molar-refractivity contribution in [2.75, 3.05) is 13.2 Å². The predicted octanol–water partition coefficient (Wildman–Crippen LogP) is 1.85. The van der Waals surface area contributed by atoms with E-state index in [1.54, 1.807) is 0 Å². The molecule has 0 saturated carbocycles. The van der Waals surface area contributed by atoms with Crippen LogP contribution >= 0.6 is 0 Å². The van der Waals surface area contributed by atoms with E-state index in [1.807, 2.05) is 0 Å². The van der Waals surface area contributed by atoms with Crippen LogP contribution in [0, 0.1) is 0 Å². The third-order valence-corrected chi connectivity index (χ3v) is 2.63. The molecule has 1 atom stereocenters. The Bertz CT molecular complexity index is 381. The van der Waals surface area contributed by atoms with Crippen LogP contribution in [0.3, 0.4) is 0 Å². The number of alkyl halides is 3. The van der Waals surface area contributed by atoms with E-state index in [4.69, 9.17) is 5.90 Å². The summed E-state index contributed by atoms with van der Waals surface area (Å²) in [5.74, 6) is 4.89. The zero-order chi connectivity index (χ0) is 13.1. The molecule has 0 aromatic heterocycles. The monoisotopic (exact) mass is 249 g/mol. The minimum absolute atomic E-state index is 0.0274. The van der Waals surface area contributed by atoms with E-state index in [9.17, 15) is 18.3 Å². The summed E-state index contributed by atoms with van der Waals surface area (Å²) in [4.78, 5) is 4.39. The van der Waals surface area contributed by atoms with E-state index in [0.29, 0.717) is 0 Å². The van der Waals surface area contributed by atoms with Crippen molar-refractivity contribution in [2.45, 2.75) is 18.5 Å². The molecule has 0 aliphatic carbocycles. The number of halogens is 3. The van der Waals surface area contributed by atoms with Gasteiger partial charge in [-0.15, -0.1) is 0 Å². The van der Waals surface area contributed by atoms with E-state index in [1.165, 1.54) is 25.1 Å². The van der Waals surface area contributed by atoms with Crippen molar-refractivity contribution in [2.24, 2.45) is 5.90 Å². The van der Waals surface area contributed by atoms with Crippen molar-refractivity contribution in [3.05, 3.63) is 35.4 Å². The first-order valence-corrected chi connectivity index (χ1v) is 4.94. The van der Waals surface area contributed by atoms with Crippen molar-refractivity contribution in [3.63, 3.8) is 0 Å². The molecule has 0 saturated heterocycles. The summed E-state index contributed by atoms with van der Waals surface area (Å²) in [6, 6.07) is 5.07. The van der Waals surface area contributed by atoms with Gasteiger partial charge in [0.05, 0.1) is 18.8 Å². The number of aliphatic hydroxyl groups excluding tert-OH is 1. The molecule has 0 amide bonds. The molecule has 1 rings (SSSR count). The van der Waals surface area contributed by atoms with Crippen molar-refractivity contribution in [1.29, 1.82) is 0 Å². The standard InChI is InChI=1S/C11H14F3NO2/c1-10(6-16,7-17-15)8-4-2-3-5-9(8)11(12,13)14/h2-5,16H,6-7,15H2,1H3. The van der Waals surface area contributed by atoms with E-state index < -0.39 is 23.8 Å². The molecule has 96 valence electrons. The van der Waals surface area contributed by atoms with Crippen LogP contribution in [-0.2, 0) is 16.4 Å². The number of nitrogens with two attached hydrogens (primary N) is 1. The molecule has 0 bridgehead atoms. The van der Waals surface area contributed by atoms with Gasteiger partial charge in [0, 0.05) is 5.41 Å². The molecule has 3 nitrogen and oxygen atoms in total. The molecule has 6 heteroatoms. The molecule has 0 spiro atoms. The molecule has 1 unspecified atom stereocenters. The molecule has 0 fully saturated rings. The van der Waals surface area contributed by atoms with Gasteiger partial charge in [-0.1, -0.05) is 25.1 Å². The summed E-state index contributed by atoms with van der Waals surface area (Å²) in [7, 11) is 0. The minimum Gasteiger partial charge on any atom is -0.395 e. The van der Waals surface area contributed by atoms with Crippen LogP contribution in [-0.4, -0.2) is 18.3 Å². The van der Waals surface area contributed by atoms with Crippen LogP contribution in [0.15, 0.2) is 24.3 Å². The summed E-state index contributed by atoms with van der Waals surface area (Å²) < 4.78 is 38.4. The smallest absolute Gasteiger partial charge is 0.395 e. The second-order valence-electron chi connectivity index (χ2n) is 4.07. The Kier molecular flexibility index (Phi) is 4.13. The van der Waals surface area contributed by atoms with E-state index in [2.05, 4.69) is 4.84 Å². The van der Waals surface area contributed by atoms with Crippen molar-refractivity contribution in [3.8, 4) is 0 Å². The Morgan fingerprint density at radius 3 is 2.18 bits per heavy atom. The molecule has 0 radical (unpaired) electrons. The number of rotatable bonds is 4. The predicted molar refractivity (Wildman–Crippen MR) is 56.0 cm³/mol. The lowest BCUT2D eigenvalue weighted by Crippen LogP contribution is -2.36. The van der Waals surface area contributed by atoms with Crippen LogP contribution in [0.1, 0.15) is 18.1 Å². The third-order valence-electron chi connectivity index (χ3n) is 2.63. The lowest BCUT2D eigenvalue weighted by Gasteiger charge is -2.29. The topological polar surface area (TPSA) is 55.5 Å². The largest absolute Gasteiger partial charge is 0.416 e. The van der Waals surface area contributed by atoms with E-state index in [-0.39, 0.29) is 12.2 Å². The molecule has 3 N–H and O–H groups in total. The average Bonchev–Trinajstić information content (AvgIpc) is 2.28. The fourth-order valence-electron chi connectivity index (χ4n) is 1.65. The molecular formula is C11H14F3NO2. The fourth-order valence-corrected chi connectivity index (χ4v) is 1.65. The fraction of sp³-hybridized carbons (Fsp3) is 0.455. The van der Waals surface area contributed by atoms with Gasteiger partial charge in [-0.25, -0.2) is 5.90 Å². The lowest BCUT2D eigenvalue weighted by atomic mass is 9.81. The molecule has 1 aromatic rings. The SMILES string of the molecule is CC(CO)(CON)c1ccccc1C(F)(F)F. The van der Waals surface area contributed by atoms with E-state index in [0.717, 1.165) is 6.07 Å². The third kappa shape index (κ3) is 2.96. The summed E-state index contributed by atoms with van der Waals surface area (Å²) in [5, 5.41) is 9.26. The van der Waals surface area contributed by atoms with Gasteiger partial charge in [-0.05, 0) is 11.6 Å². The molecular weight excluding hydrogens is 235 g/mol. The highest BCUT2D eigenvalue weighted by Gasteiger charge is 2.39. The van der Waals surface area contributed by atoms with Gasteiger partial charge in [0.2, 0.25) is 0 Å². The van der Waals surface area contributed by atoms with Gasteiger partial charge in [0.25, 0.3) is 0 Å². The Balaban J connectivity index is 3.29. The summed E-state index contributed by atoms with van der Waals surface area (Å²) in [5.41, 5.74) is -1.99. The maximum atomic E-state index is 12.8. The zero-order valence-electron chi connectivity index (χ0n) is 9.29. The van der Waals surface area contributed by atoms with Crippen molar-refractivity contribution < 1.29 is 23.1 Å². The number of hydrogen-bond acceptors (Lipinski definition) is 3. The van der Waals surface area contributed by atoms with Crippen molar-refractivity contribution in [1.82, 2.24) is 0 Å². The highest BCUT2D eigenvalue weighted by molar-refractivity contribution is 5.36. The first kappa shape index (κ1) is 14.0. The summed E-state index contributed by atoms with van der Waals surface area (Å²) in [6.45, 7) is 0.776. The highest BCUT2D eigenvalue weighted by Crippen LogP contribution is 2.37. The van der Waals surface area contributed by atoms with Gasteiger partial charge < -0.3 is 9.94 Å². The first-order valence-electron chi connectivity index (χ1n) is 4.94. The molecule has 1 aromatic carbocycles. The molecule has 0 aliphatic heterocycles. The Morgan fingerprint density at radius 1 is 1.24 bits per heavy atom. The number of hydrogen-bond donors (Lipinski definition) is 2. The second-order valence-corrected chi connectivity index (χ2v) is 4.07. The highest BCUT2D eigenvalue weighted by atomic mass is 19.4. The average molecular weight is 249 g/mol. The summed E-state index contributed by atoms with van der Waals surface area (Å²) in [6.07, 6.45) is -4.47. The van der Waals surface area contributed by atoms with Crippen LogP contribution in [0.25, 0.3) is 0 Å². The Morgan fingerprint density at radius 2 is 1.76 bits per heavy atom. The maximum absolute atomic E-state index is 12.8. The number of benzene rings is 1. The van der Waals surface area contributed by atoms with Gasteiger partial charge in [-0.3, -0.25) is 0 Å². The van der Waals surface area contributed by atoms with Gasteiger partial charge in [0.15, 0.2) is 0 Å². The first-order chi connectivity index (χ1) is 7.85. The Labute approximate surface area is 97.0 Å². The van der Waals surface area contributed by atoms with Crippen LogP contribution in [0.5, 0.6) is 0 Å². The second kappa shape index (κ2) is 5.03. The molecule has 0 heterocycles. The summed E-state index contributed by atoms with van der Waals surface area (Å²) >= 11 is 0. The normalized spacial score (nSPS) is 15.6. The van der Waals surface area contributed by atoms with Crippen LogP contribution < -0.4 is 5.90 Å². The van der Waals surface area contributed by atoms with Gasteiger partial charge >= 0.3 is 6.18 Å². The Hall–Kier alpha value is -1.11. The minimum atomic E-state index is -4.47. The van der Waals surface area contributed by atoms with Gasteiger partial charge in [-0.2, -0.15) is 13.2 Å². The lowest BCUT2D eigenvalue weighted by molar-refractivity contribution is -0.139. The quantitative estimate of drug-likeness (QED) is 0.801. The zero-order valence-corrected chi connectivity index (χ0v) is 9.29. The van der Waals surface area contributed by atoms with Crippen LogP contribution in [0.4, 0.5) is 13.2 Å². The molecule has 0 aliphatic rings. The van der Waals surface area contributed by atoms with Crippen LogP contribution in [0.2, 0.25) is 0 Å².